The summed E-state index contributed by atoms with van der Waals surface area (Å²) in [5.74, 6) is 1.90. The zero-order valence-electron chi connectivity index (χ0n) is 27.8. The van der Waals surface area contributed by atoms with Crippen LogP contribution >= 0.6 is 11.6 Å². The molecular weight excluding hydrogens is 550 g/mol. The molecule has 0 saturated carbocycles. The van der Waals surface area contributed by atoms with E-state index in [0.717, 1.165) is 54.3 Å². The minimum atomic E-state index is -0.135. The molecule has 0 fully saturated rings. The van der Waals surface area contributed by atoms with Crippen molar-refractivity contribution in [3.05, 3.63) is 104 Å². The second-order valence-corrected chi connectivity index (χ2v) is 13.6. The average molecular weight is 598 g/mol. The van der Waals surface area contributed by atoms with Crippen LogP contribution in [-0.2, 0) is 10.8 Å². The smallest absolute Gasteiger partial charge is 0.122 e. The maximum Gasteiger partial charge on any atom is 0.122 e. The van der Waals surface area contributed by atoms with E-state index in [1.165, 1.54) is 55.9 Å². The van der Waals surface area contributed by atoms with E-state index >= 15 is 0 Å². The van der Waals surface area contributed by atoms with Gasteiger partial charge >= 0.3 is 0 Å². The number of allylic oxidation sites excluding steroid dienone is 10. The number of rotatable bonds is 7. The minimum absolute atomic E-state index is 0.101. The van der Waals surface area contributed by atoms with Gasteiger partial charge in [0, 0.05) is 33.8 Å². The van der Waals surface area contributed by atoms with E-state index in [0.29, 0.717) is 0 Å². The molecule has 4 heteroatoms. The number of methoxy groups -OCH3 is 2. The number of aryl methyl sites for hydroxylation is 2. The lowest BCUT2D eigenvalue weighted by atomic mass is 9.80. The first-order chi connectivity index (χ1) is 20.4. The van der Waals surface area contributed by atoms with E-state index in [1.54, 1.807) is 14.2 Å². The first kappa shape index (κ1) is 31.3. The summed E-state index contributed by atoms with van der Waals surface area (Å²) in [6, 6.07) is 9.03. The fourth-order valence-corrected chi connectivity index (χ4v) is 7.78. The molecule has 0 N–H and O–H groups in total. The highest BCUT2D eigenvalue weighted by Gasteiger charge is 2.40. The molecule has 228 valence electrons. The summed E-state index contributed by atoms with van der Waals surface area (Å²) >= 11 is 7.17. The SMILES string of the molecule is CCC1=C(/C=C/C2=C(Cl)C(=C/C=C3\N(CC)c4cc(C)c(OC)cc4C3(C)C)CCC2)C(C)(C)c2cc(OC)c(C)cc21. The van der Waals surface area contributed by atoms with Gasteiger partial charge in [-0.15, -0.1) is 0 Å². The Kier molecular flexibility index (Phi) is 8.53. The Bertz CT molecular complexity index is 1610. The van der Waals surface area contributed by atoms with Gasteiger partial charge in [-0.25, -0.2) is 0 Å². The van der Waals surface area contributed by atoms with Crippen molar-refractivity contribution in [2.75, 3.05) is 25.7 Å². The number of nitrogens with zero attached hydrogens (tertiary/aromatic N) is 1. The number of hydrogen-bond acceptors (Lipinski definition) is 3. The molecule has 0 aromatic heterocycles. The van der Waals surface area contributed by atoms with Gasteiger partial charge in [-0.1, -0.05) is 64.4 Å². The van der Waals surface area contributed by atoms with Crippen molar-refractivity contribution in [1.82, 2.24) is 0 Å². The number of ether oxygens (including phenoxy) is 2. The third-order valence-electron chi connectivity index (χ3n) is 9.96. The molecule has 1 aliphatic heterocycles. The van der Waals surface area contributed by atoms with E-state index < -0.39 is 0 Å². The van der Waals surface area contributed by atoms with Gasteiger partial charge in [-0.3, -0.25) is 0 Å². The zero-order valence-corrected chi connectivity index (χ0v) is 28.6. The highest BCUT2D eigenvalue weighted by atomic mass is 35.5. The average Bonchev–Trinajstić information content (AvgIpc) is 3.31. The van der Waals surface area contributed by atoms with E-state index in [2.05, 4.69) is 109 Å². The first-order valence-corrected chi connectivity index (χ1v) is 16.2. The Labute approximate surface area is 264 Å². The van der Waals surface area contributed by atoms with Crippen LogP contribution in [0.1, 0.15) is 95.0 Å². The molecule has 0 saturated heterocycles. The number of hydrogen-bond donors (Lipinski definition) is 0. The van der Waals surface area contributed by atoms with Crippen LogP contribution in [0.3, 0.4) is 0 Å². The number of halogens is 1. The van der Waals surface area contributed by atoms with E-state index in [1.807, 2.05) is 0 Å². The Morgan fingerprint density at radius 1 is 0.837 bits per heavy atom. The molecule has 2 aliphatic carbocycles. The van der Waals surface area contributed by atoms with E-state index in [9.17, 15) is 0 Å². The molecular formula is C39H48ClNO2. The number of benzene rings is 2. The highest BCUT2D eigenvalue weighted by molar-refractivity contribution is 6.32. The molecule has 0 bridgehead atoms. The summed E-state index contributed by atoms with van der Waals surface area (Å²) in [5.41, 5.74) is 13.9. The second-order valence-electron chi connectivity index (χ2n) is 13.2. The lowest BCUT2D eigenvalue weighted by molar-refractivity contribution is 0.410. The largest absolute Gasteiger partial charge is 0.496 e. The quantitative estimate of drug-likeness (QED) is 0.317. The summed E-state index contributed by atoms with van der Waals surface area (Å²) < 4.78 is 11.4. The molecule has 3 aliphatic rings. The van der Waals surface area contributed by atoms with E-state index in [4.69, 9.17) is 21.1 Å². The lowest BCUT2D eigenvalue weighted by Gasteiger charge is -2.26. The molecule has 0 radical (unpaired) electrons. The third kappa shape index (κ3) is 5.18. The lowest BCUT2D eigenvalue weighted by Crippen LogP contribution is -2.25. The van der Waals surface area contributed by atoms with Crippen LogP contribution in [0.2, 0.25) is 0 Å². The van der Waals surface area contributed by atoms with Gasteiger partial charge in [0.25, 0.3) is 0 Å². The first-order valence-electron chi connectivity index (χ1n) is 15.8. The molecule has 43 heavy (non-hydrogen) atoms. The summed E-state index contributed by atoms with van der Waals surface area (Å²) in [6.07, 6.45) is 13.3. The van der Waals surface area contributed by atoms with Crippen molar-refractivity contribution >= 4 is 22.9 Å². The number of likely N-dealkylation sites (N-methyl/N-ethyl adjacent to an activating group) is 1. The van der Waals surface area contributed by atoms with Gasteiger partial charge in [-0.05, 0) is 127 Å². The Hall–Kier alpha value is -3.17. The van der Waals surface area contributed by atoms with Gasteiger partial charge in [0.05, 0.1) is 14.2 Å². The van der Waals surface area contributed by atoms with Gasteiger partial charge in [0.2, 0.25) is 0 Å². The molecule has 5 rings (SSSR count). The van der Waals surface area contributed by atoms with Gasteiger partial charge < -0.3 is 14.4 Å². The molecule has 2 aromatic rings. The van der Waals surface area contributed by atoms with Crippen LogP contribution in [0.15, 0.2) is 76.0 Å². The van der Waals surface area contributed by atoms with Crippen LogP contribution in [0.25, 0.3) is 5.57 Å². The molecule has 3 nitrogen and oxygen atoms in total. The van der Waals surface area contributed by atoms with Crippen molar-refractivity contribution in [2.45, 2.75) is 91.9 Å². The standard InChI is InChI=1S/C39H48ClNO2/c1-11-28-29-20-24(3)34(42-9)22-31(29)38(5,6)30(28)18-16-26-14-13-15-27(37(26)40)17-19-36-39(7,8)32-23-35(43-10)25(4)21-33(32)41(36)12-2/h16-23H,11-15H2,1-10H3/b18-16+,27-17?,36-19-. The molecule has 0 atom stereocenters. The number of anilines is 1. The van der Waals surface area contributed by atoms with E-state index in [-0.39, 0.29) is 10.8 Å². The Balaban J connectivity index is 1.50. The minimum Gasteiger partial charge on any atom is -0.496 e. The fourth-order valence-electron chi connectivity index (χ4n) is 7.46. The van der Waals surface area contributed by atoms with Crippen molar-refractivity contribution < 1.29 is 9.47 Å². The molecule has 0 spiro atoms. The van der Waals surface area contributed by atoms with Gasteiger partial charge in [0.15, 0.2) is 0 Å². The topological polar surface area (TPSA) is 21.7 Å². The Morgan fingerprint density at radius 3 is 2.12 bits per heavy atom. The normalized spacial score (nSPS) is 21.0. The van der Waals surface area contributed by atoms with Crippen molar-refractivity contribution in [1.29, 1.82) is 0 Å². The predicted octanol–water partition coefficient (Wildman–Crippen LogP) is 10.6. The van der Waals surface area contributed by atoms with Crippen molar-refractivity contribution in [3.8, 4) is 11.5 Å². The van der Waals surface area contributed by atoms with Crippen molar-refractivity contribution in [2.24, 2.45) is 0 Å². The highest BCUT2D eigenvalue weighted by Crippen LogP contribution is 2.51. The summed E-state index contributed by atoms with van der Waals surface area (Å²) in [4.78, 5) is 2.44. The fraction of sp³-hybridized carbons (Fsp3) is 0.436. The summed E-state index contributed by atoms with van der Waals surface area (Å²) in [6.45, 7) is 18.9. The van der Waals surface area contributed by atoms with Crippen LogP contribution in [0.4, 0.5) is 5.69 Å². The summed E-state index contributed by atoms with van der Waals surface area (Å²) in [5, 5.41) is 0.901. The van der Waals surface area contributed by atoms with Crippen molar-refractivity contribution in [3.63, 3.8) is 0 Å². The molecule has 1 heterocycles. The number of fused-ring (bicyclic) bond motifs is 2. The van der Waals surface area contributed by atoms with Crippen LogP contribution in [0.5, 0.6) is 11.5 Å². The zero-order chi connectivity index (χ0) is 31.3. The monoisotopic (exact) mass is 597 g/mol. The maximum absolute atomic E-state index is 7.17. The Morgan fingerprint density at radius 2 is 1.49 bits per heavy atom. The predicted molar refractivity (Wildman–Crippen MR) is 184 cm³/mol. The molecule has 0 unspecified atom stereocenters. The molecule has 0 amide bonds. The third-order valence-corrected chi connectivity index (χ3v) is 10.4. The van der Waals surface area contributed by atoms with Gasteiger partial charge in [0.1, 0.15) is 11.5 Å². The maximum atomic E-state index is 7.17. The molecule has 2 aromatic carbocycles. The van der Waals surface area contributed by atoms with Crippen LogP contribution in [0, 0.1) is 13.8 Å². The van der Waals surface area contributed by atoms with Gasteiger partial charge in [-0.2, -0.15) is 0 Å². The second kappa shape index (κ2) is 11.7. The van der Waals surface area contributed by atoms with Crippen LogP contribution in [-0.4, -0.2) is 20.8 Å². The summed E-state index contributed by atoms with van der Waals surface area (Å²) in [7, 11) is 3.51. The van der Waals surface area contributed by atoms with Crippen LogP contribution < -0.4 is 14.4 Å².